The predicted molar refractivity (Wildman–Crippen MR) is 129 cm³/mol. The fourth-order valence-corrected chi connectivity index (χ4v) is 3.79. The second-order valence-electron chi connectivity index (χ2n) is 7.50. The zero-order valence-corrected chi connectivity index (χ0v) is 18.8. The van der Waals surface area contributed by atoms with Gasteiger partial charge in [0.25, 0.3) is 0 Å². The lowest BCUT2D eigenvalue weighted by molar-refractivity contribution is 0.311. The van der Waals surface area contributed by atoms with Gasteiger partial charge in [0.1, 0.15) is 28.0 Å². The average molecular weight is 468 g/mol. The number of hydrogen-bond donors (Lipinski definition) is 2. The molecule has 0 saturated carbocycles. The van der Waals surface area contributed by atoms with Gasteiger partial charge >= 0.3 is 0 Å². The lowest BCUT2D eigenvalue weighted by Crippen LogP contribution is -2.17. The van der Waals surface area contributed by atoms with E-state index in [2.05, 4.69) is 15.6 Å². The first-order valence-electron chi connectivity index (χ1n) is 10.5. The number of rotatable bonds is 9. The predicted octanol–water partition coefficient (Wildman–Crippen LogP) is 5.76. The van der Waals surface area contributed by atoms with Crippen LogP contribution >= 0.6 is 12.2 Å². The SMILES string of the molecule is Cc1c(C(=S)Nc2ccc(F)cc2F)oc2cccc(OCCCNCc3cccnc3)c12. The van der Waals surface area contributed by atoms with E-state index in [9.17, 15) is 8.78 Å². The van der Waals surface area contributed by atoms with E-state index in [0.717, 1.165) is 48.2 Å². The number of nitrogens with zero attached hydrogens (tertiary/aromatic N) is 1. The third-order valence-corrected chi connectivity index (χ3v) is 5.40. The van der Waals surface area contributed by atoms with E-state index in [1.807, 2.05) is 43.5 Å². The van der Waals surface area contributed by atoms with E-state index < -0.39 is 11.6 Å². The van der Waals surface area contributed by atoms with Crippen molar-refractivity contribution in [2.75, 3.05) is 18.5 Å². The number of anilines is 1. The van der Waals surface area contributed by atoms with Crippen molar-refractivity contribution in [2.24, 2.45) is 0 Å². The van der Waals surface area contributed by atoms with E-state index in [1.54, 1.807) is 6.20 Å². The summed E-state index contributed by atoms with van der Waals surface area (Å²) in [6.45, 7) is 3.96. The molecule has 0 unspecified atom stereocenters. The number of nitrogens with one attached hydrogen (secondary N) is 2. The van der Waals surface area contributed by atoms with Crippen molar-refractivity contribution in [2.45, 2.75) is 19.9 Å². The van der Waals surface area contributed by atoms with Gasteiger partial charge in [-0.3, -0.25) is 4.98 Å². The van der Waals surface area contributed by atoms with Crippen molar-refractivity contribution in [3.63, 3.8) is 0 Å². The van der Waals surface area contributed by atoms with Crippen LogP contribution in [0.25, 0.3) is 11.0 Å². The molecule has 0 aliphatic carbocycles. The van der Waals surface area contributed by atoms with Crippen LogP contribution in [0.3, 0.4) is 0 Å². The molecule has 0 aliphatic heterocycles. The number of hydrogen-bond acceptors (Lipinski definition) is 5. The Labute approximate surface area is 195 Å². The molecule has 4 aromatic rings. The lowest BCUT2D eigenvalue weighted by Gasteiger charge is -2.09. The minimum Gasteiger partial charge on any atom is -0.493 e. The summed E-state index contributed by atoms with van der Waals surface area (Å²) in [5.74, 6) is -0.272. The Hall–Kier alpha value is -3.36. The Kier molecular flexibility index (Phi) is 7.26. The maximum absolute atomic E-state index is 14.0. The second kappa shape index (κ2) is 10.5. The fourth-order valence-electron chi connectivity index (χ4n) is 3.49. The molecular weight excluding hydrogens is 444 g/mol. The van der Waals surface area contributed by atoms with Crippen LogP contribution < -0.4 is 15.4 Å². The summed E-state index contributed by atoms with van der Waals surface area (Å²) in [5.41, 5.74) is 2.63. The van der Waals surface area contributed by atoms with Gasteiger partial charge in [0.05, 0.1) is 17.7 Å². The number of fused-ring (bicyclic) bond motifs is 1. The summed E-state index contributed by atoms with van der Waals surface area (Å²) in [7, 11) is 0. The largest absolute Gasteiger partial charge is 0.493 e. The number of halogens is 2. The van der Waals surface area contributed by atoms with Gasteiger partial charge in [-0.25, -0.2) is 8.78 Å². The van der Waals surface area contributed by atoms with Gasteiger partial charge in [-0.2, -0.15) is 0 Å². The van der Waals surface area contributed by atoms with Gasteiger partial charge < -0.3 is 19.8 Å². The molecule has 5 nitrogen and oxygen atoms in total. The highest BCUT2D eigenvalue weighted by atomic mass is 32.1. The van der Waals surface area contributed by atoms with Gasteiger partial charge in [-0.1, -0.05) is 24.4 Å². The number of thiocarbonyl (C=S) groups is 1. The summed E-state index contributed by atoms with van der Waals surface area (Å²) in [5, 5.41) is 6.99. The summed E-state index contributed by atoms with van der Waals surface area (Å²) in [4.78, 5) is 4.31. The van der Waals surface area contributed by atoms with E-state index in [4.69, 9.17) is 21.4 Å². The Morgan fingerprint density at radius 3 is 2.82 bits per heavy atom. The third-order valence-electron chi connectivity index (χ3n) is 5.11. The molecule has 0 spiro atoms. The van der Waals surface area contributed by atoms with Crippen LogP contribution in [-0.4, -0.2) is 23.1 Å². The average Bonchev–Trinajstić information content (AvgIpc) is 3.16. The molecule has 2 aromatic carbocycles. The Bertz CT molecular complexity index is 1260. The van der Waals surface area contributed by atoms with Crippen LogP contribution in [0.4, 0.5) is 14.5 Å². The molecule has 170 valence electrons. The topological polar surface area (TPSA) is 59.3 Å². The first-order valence-corrected chi connectivity index (χ1v) is 10.9. The minimum absolute atomic E-state index is 0.0801. The highest BCUT2D eigenvalue weighted by molar-refractivity contribution is 7.81. The van der Waals surface area contributed by atoms with Crippen molar-refractivity contribution in [3.8, 4) is 5.75 Å². The summed E-state index contributed by atoms with van der Waals surface area (Å²) in [6.07, 6.45) is 4.42. The van der Waals surface area contributed by atoms with Crippen molar-refractivity contribution < 1.29 is 17.9 Å². The van der Waals surface area contributed by atoms with Gasteiger partial charge in [-0.05, 0) is 55.8 Å². The van der Waals surface area contributed by atoms with E-state index in [0.29, 0.717) is 23.7 Å². The maximum Gasteiger partial charge on any atom is 0.165 e. The number of pyridine rings is 1. The Balaban J connectivity index is 1.39. The zero-order chi connectivity index (χ0) is 23.2. The molecule has 8 heteroatoms. The molecule has 2 N–H and O–H groups in total. The molecule has 0 fully saturated rings. The Morgan fingerprint density at radius 1 is 1.15 bits per heavy atom. The van der Waals surface area contributed by atoms with E-state index in [-0.39, 0.29) is 10.7 Å². The summed E-state index contributed by atoms with van der Waals surface area (Å²) < 4.78 is 39.1. The molecule has 0 aliphatic rings. The molecule has 33 heavy (non-hydrogen) atoms. The Morgan fingerprint density at radius 2 is 2.03 bits per heavy atom. The van der Waals surface area contributed by atoms with Crippen LogP contribution in [0, 0.1) is 18.6 Å². The molecule has 4 rings (SSSR count). The molecule has 2 heterocycles. The minimum atomic E-state index is -0.729. The molecule has 0 saturated heterocycles. The van der Waals surface area contributed by atoms with Crippen LogP contribution in [0.15, 0.2) is 65.3 Å². The number of benzene rings is 2. The van der Waals surface area contributed by atoms with Crippen LogP contribution in [0.2, 0.25) is 0 Å². The molecule has 0 amide bonds. The van der Waals surface area contributed by atoms with Crippen LogP contribution in [0.1, 0.15) is 23.3 Å². The monoisotopic (exact) mass is 467 g/mol. The van der Waals surface area contributed by atoms with Crippen molar-refractivity contribution in [1.29, 1.82) is 0 Å². The number of aromatic nitrogens is 1. The van der Waals surface area contributed by atoms with Crippen LogP contribution in [0.5, 0.6) is 5.75 Å². The molecule has 0 atom stereocenters. The van der Waals surface area contributed by atoms with Gasteiger partial charge in [0, 0.05) is 30.6 Å². The third kappa shape index (κ3) is 5.53. The quantitative estimate of drug-likeness (QED) is 0.241. The number of furan rings is 1. The molecule has 0 bridgehead atoms. The lowest BCUT2D eigenvalue weighted by atomic mass is 10.1. The molecule has 0 radical (unpaired) electrons. The van der Waals surface area contributed by atoms with E-state index >= 15 is 0 Å². The van der Waals surface area contributed by atoms with Crippen molar-refractivity contribution >= 4 is 33.9 Å². The molecule has 2 aromatic heterocycles. The first-order chi connectivity index (χ1) is 16.0. The van der Waals surface area contributed by atoms with E-state index in [1.165, 1.54) is 6.07 Å². The van der Waals surface area contributed by atoms with Crippen molar-refractivity contribution in [3.05, 3.63) is 89.4 Å². The maximum atomic E-state index is 14.0. The highest BCUT2D eigenvalue weighted by Crippen LogP contribution is 2.34. The van der Waals surface area contributed by atoms with Gasteiger partial charge in [0.2, 0.25) is 0 Å². The standard InChI is InChI=1S/C25H23F2N3O2S/c1-16-23-21(31-12-4-11-29-15-17-5-3-10-28-14-17)6-2-7-22(23)32-24(16)25(33)30-20-9-8-18(26)13-19(20)27/h2-3,5-10,13-14,29H,4,11-12,15H2,1H3,(H,30,33). The number of ether oxygens (including phenoxy) is 1. The summed E-state index contributed by atoms with van der Waals surface area (Å²) in [6, 6.07) is 12.8. The highest BCUT2D eigenvalue weighted by Gasteiger charge is 2.19. The van der Waals surface area contributed by atoms with Gasteiger partial charge in [-0.15, -0.1) is 0 Å². The van der Waals surface area contributed by atoms with Crippen molar-refractivity contribution in [1.82, 2.24) is 10.3 Å². The second-order valence-corrected chi connectivity index (χ2v) is 7.91. The first kappa shape index (κ1) is 22.8. The normalized spacial score (nSPS) is 11.0. The van der Waals surface area contributed by atoms with Gasteiger partial charge in [0.15, 0.2) is 5.76 Å². The smallest absolute Gasteiger partial charge is 0.165 e. The number of aryl methyl sites for hydroxylation is 1. The summed E-state index contributed by atoms with van der Waals surface area (Å²) >= 11 is 5.42. The van der Waals surface area contributed by atoms with Crippen LogP contribution in [-0.2, 0) is 6.54 Å². The fraction of sp³-hybridized carbons (Fsp3) is 0.200. The zero-order valence-electron chi connectivity index (χ0n) is 18.0. The molecular formula is C25H23F2N3O2S.